The molecule has 0 atom stereocenters. The highest BCUT2D eigenvalue weighted by Crippen LogP contribution is 2.04. The van der Waals surface area contributed by atoms with E-state index in [1.54, 1.807) is 12.1 Å². The number of amidine groups is 1. The van der Waals surface area contributed by atoms with Crippen LogP contribution in [0.3, 0.4) is 0 Å². The van der Waals surface area contributed by atoms with Gasteiger partial charge in [-0.05, 0) is 36.7 Å². The monoisotopic (exact) mass is 288 g/mol. The Bertz CT molecular complexity index is 374. The normalized spacial score (nSPS) is 9.33. The van der Waals surface area contributed by atoms with Crippen LogP contribution in [0.5, 0.6) is 0 Å². The molecule has 4 nitrogen and oxygen atoms in total. The summed E-state index contributed by atoms with van der Waals surface area (Å²) in [7, 11) is 0. The summed E-state index contributed by atoms with van der Waals surface area (Å²) < 4.78 is 5.12. The van der Waals surface area contributed by atoms with Gasteiger partial charge in [0.1, 0.15) is 0 Å². The number of hydrogen-bond acceptors (Lipinski definition) is 3. The molecule has 0 aromatic heterocycles. The van der Waals surface area contributed by atoms with E-state index in [1.165, 1.54) is 11.8 Å². The molecule has 0 heterocycles. The Labute approximate surface area is 117 Å². The number of nitrogens with two attached hydrogens (primary N) is 2. The third-order valence-corrected chi connectivity index (χ3v) is 2.88. The molecule has 0 bridgehead atoms. The molecule has 1 aromatic rings. The molecule has 0 saturated heterocycles. The minimum atomic E-state index is -0.275. The number of ether oxygens (including phenoxy) is 1. The molecule has 18 heavy (non-hydrogen) atoms. The lowest BCUT2D eigenvalue weighted by Crippen LogP contribution is -3.00. The van der Waals surface area contributed by atoms with E-state index in [0.29, 0.717) is 17.3 Å². The number of halogens is 1. The number of hydrogen-bond donors (Lipinski definition) is 2. The van der Waals surface area contributed by atoms with Gasteiger partial charge < -0.3 is 17.1 Å². The summed E-state index contributed by atoms with van der Waals surface area (Å²) in [5.74, 6) is 0.578. The molecule has 0 amide bonds. The Morgan fingerprint density at radius 1 is 1.28 bits per heavy atom. The molecule has 0 spiro atoms. The Kier molecular flexibility index (Phi) is 9.14. The molecule has 0 fully saturated rings. The SMILES string of the molecule is NC(=[NH2+])SCCCCOC(=O)c1ccccc1.[Cl-]. The van der Waals surface area contributed by atoms with Crippen LogP contribution in [0.1, 0.15) is 23.2 Å². The average molecular weight is 289 g/mol. The summed E-state index contributed by atoms with van der Waals surface area (Å²) in [6.07, 6.45) is 1.74. The topological polar surface area (TPSA) is 77.9 Å². The summed E-state index contributed by atoms with van der Waals surface area (Å²) in [5, 5.41) is 5.68. The minimum absolute atomic E-state index is 0. The fourth-order valence-electron chi connectivity index (χ4n) is 1.22. The van der Waals surface area contributed by atoms with E-state index < -0.39 is 0 Å². The minimum Gasteiger partial charge on any atom is -1.00 e. The maximum Gasteiger partial charge on any atom is 0.338 e. The van der Waals surface area contributed by atoms with E-state index in [0.717, 1.165) is 18.6 Å². The van der Waals surface area contributed by atoms with Gasteiger partial charge in [-0.25, -0.2) is 4.79 Å². The Morgan fingerprint density at radius 3 is 2.56 bits per heavy atom. The number of unbranched alkanes of at least 4 members (excludes halogenated alkanes) is 1. The predicted molar refractivity (Wildman–Crippen MR) is 69.5 cm³/mol. The van der Waals surface area contributed by atoms with E-state index in [4.69, 9.17) is 15.9 Å². The van der Waals surface area contributed by atoms with Crippen LogP contribution in [0.15, 0.2) is 30.3 Å². The molecule has 6 heteroatoms. The Morgan fingerprint density at radius 2 is 1.94 bits per heavy atom. The van der Waals surface area contributed by atoms with Crippen molar-refractivity contribution in [3.63, 3.8) is 0 Å². The van der Waals surface area contributed by atoms with Crippen LogP contribution in [0.4, 0.5) is 0 Å². The Hall–Kier alpha value is -1.20. The molecule has 100 valence electrons. The molecule has 0 aliphatic heterocycles. The van der Waals surface area contributed by atoms with Gasteiger partial charge in [-0.1, -0.05) is 18.2 Å². The fourth-order valence-corrected chi connectivity index (χ4v) is 1.80. The quantitative estimate of drug-likeness (QED) is 0.261. The summed E-state index contributed by atoms with van der Waals surface area (Å²) in [4.78, 5) is 11.5. The highest BCUT2D eigenvalue weighted by Gasteiger charge is 2.05. The molecule has 0 aliphatic rings. The number of carbonyl (C=O) groups excluding carboxylic acids is 1. The largest absolute Gasteiger partial charge is 1.00 e. The van der Waals surface area contributed by atoms with Crippen molar-refractivity contribution in [3.8, 4) is 0 Å². The summed E-state index contributed by atoms with van der Waals surface area (Å²) >= 11 is 1.42. The second-order valence-electron chi connectivity index (χ2n) is 3.46. The van der Waals surface area contributed by atoms with Gasteiger partial charge in [0, 0.05) is 5.75 Å². The van der Waals surface area contributed by atoms with E-state index in [-0.39, 0.29) is 18.4 Å². The van der Waals surface area contributed by atoms with Crippen LogP contribution in [0.2, 0.25) is 0 Å². The number of carbonyl (C=O) groups is 1. The zero-order chi connectivity index (χ0) is 12.5. The van der Waals surface area contributed by atoms with Crippen molar-refractivity contribution in [2.45, 2.75) is 12.8 Å². The lowest BCUT2D eigenvalue weighted by Gasteiger charge is -2.03. The molecular weight excluding hydrogens is 272 g/mol. The van der Waals surface area contributed by atoms with E-state index >= 15 is 0 Å². The van der Waals surface area contributed by atoms with Gasteiger partial charge in [-0.15, -0.1) is 0 Å². The number of benzene rings is 1. The lowest BCUT2D eigenvalue weighted by atomic mass is 10.2. The average Bonchev–Trinajstić information content (AvgIpc) is 2.34. The van der Waals surface area contributed by atoms with Crippen molar-refractivity contribution in [2.24, 2.45) is 5.73 Å². The molecule has 1 aromatic carbocycles. The van der Waals surface area contributed by atoms with E-state index in [2.05, 4.69) is 0 Å². The van der Waals surface area contributed by atoms with Gasteiger partial charge >= 0.3 is 5.97 Å². The fraction of sp³-hybridized carbons (Fsp3) is 0.333. The third kappa shape index (κ3) is 7.19. The first-order valence-electron chi connectivity index (χ1n) is 5.43. The Balaban J connectivity index is 0.00000289. The van der Waals surface area contributed by atoms with E-state index in [9.17, 15) is 4.79 Å². The second-order valence-corrected chi connectivity index (χ2v) is 4.63. The smallest absolute Gasteiger partial charge is 0.338 e. The van der Waals surface area contributed by atoms with Crippen LogP contribution in [-0.2, 0) is 4.74 Å². The maximum absolute atomic E-state index is 11.5. The van der Waals surface area contributed by atoms with Gasteiger partial charge in [0.15, 0.2) is 0 Å². The van der Waals surface area contributed by atoms with Gasteiger partial charge in [0.25, 0.3) is 5.17 Å². The molecule has 0 saturated carbocycles. The van der Waals surface area contributed by atoms with Crippen LogP contribution >= 0.6 is 11.8 Å². The first kappa shape index (κ1) is 16.8. The van der Waals surface area contributed by atoms with E-state index in [1.807, 2.05) is 18.2 Å². The van der Waals surface area contributed by atoms with Crippen LogP contribution < -0.4 is 23.5 Å². The van der Waals surface area contributed by atoms with Gasteiger partial charge in [-0.2, -0.15) is 0 Å². The summed E-state index contributed by atoms with van der Waals surface area (Å²) in [6.45, 7) is 0.429. The molecular formula is C12H17ClN2O2S. The summed E-state index contributed by atoms with van der Waals surface area (Å²) in [6, 6.07) is 8.96. The lowest BCUT2D eigenvalue weighted by molar-refractivity contribution is -0.110. The van der Waals surface area contributed by atoms with Crippen molar-refractivity contribution < 1.29 is 27.3 Å². The van der Waals surface area contributed by atoms with Crippen LogP contribution in [0.25, 0.3) is 0 Å². The zero-order valence-corrected chi connectivity index (χ0v) is 11.5. The number of rotatable bonds is 6. The van der Waals surface area contributed by atoms with Gasteiger partial charge in [0.05, 0.1) is 12.2 Å². The van der Waals surface area contributed by atoms with Crippen molar-refractivity contribution in [1.82, 2.24) is 0 Å². The molecule has 0 aliphatic carbocycles. The van der Waals surface area contributed by atoms with Crippen molar-refractivity contribution in [1.29, 1.82) is 0 Å². The number of esters is 1. The van der Waals surface area contributed by atoms with Gasteiger partial charge in [-0.3, -0.25) is 11.1 Å². The van der Waals surface area contributed by atoms with Crippen LogP contribution in [0, 0.1) is 0 Å². The standard InChI is InChI=1S/C12H16N2O2S.ClH/c13-12(14)17-9-5-4-8-16-11(15)10-6-2-1-3-7-10;/h1-3,6-7H,4-5,8-9H2,(H3,13,14);1H. The van der Waals surface area contributed by atoms with Crippen molar-refractivity contribution in [3.05, 3.63) is 35.9 Å². The highest BCUT2D eigenvalue weighted by molar-refractivity contribution is 8.13. The second kappa shape index (κ2) is 9.79. The van der Waals surface area contributed by atoms with Crippen molar-refractivity contribution in [2.75, 3.05) is 12.4 Å². The summed E-state index contributed by atoms with van der Waals surface area (Å²) in [5.41, 5.74) is 5.89. The third-order valence-electron chi connectivity index (χ3n) is 2.05. The first-order chi connectivity index (χ1) is 8.20. The predicted octanol–water partition coefficient (Wildman–Crippen LogP) is -2.57. The van der Waals surface area contributed by atoms with Crippen molar-refractivity contribution >= 4 is 22.9 Å². The molecule has 0 unspecified atom stereocenters. The molecule has 1 rings (SSSR count). The van der Waals surface area contributed by atoms with Gasteiger partial charge in [0.2, 0.25) is 0 Å². The first-order valence-corrected chi connectivity index (χ1v) is 6.41. The van der Waals surface area contributed by atoms with Crippen LogP contribution in [-0.4, -0.2) is 23.5 Å². The maximum atomic E-state index is 11.5. The molecule has 4 N–H and O–H groups in total. The number of thioether (sulfide) groups is 1. The zero-order valence-electron chi connectivity index (χ0n) is 9.97. The highest BCUT2D eigenvalue weighted by atomic mass is 35.5. The molecule has 0 radical (unpaired) electrons.